The highest BCUT2D eigenvalue weighted by atomic mass is 16.6. The number of esters is 1. The molecule has 0 amide bonds. The van der Waals surface area contributed by atoms with Gasteiger partial charge in [0.25, 0.3) is 0 Å². The van der Waals surface area contributed by atoms with E-state index < -0.39 is 103 Å². The van der Waals surface area contributed by atoms with E-state index in [2.05, 4.69) is 0 Å². The minimum atomic E-state index is -2.21. The molecule has 0 spiro atoms. The lowest BCUT2D eigenvalue weighted by molar-refractivity contribution is -0.291. The van der Waals surface area contributed by atoms with Gasteiger partial charge in [-0.15, -0.1) is 0 Å². The first-order valence-corrected chi connectivity index (χ1v) is 15.9. The Kier molecular flexibility index (Phi) is 12.6. The molecular formula is C34H44O13. The molecule has 258 valence electrons. The van der Waals surface area contributed by atoms with Crippen LogP contribution in [-0.2, 0) is 38.1 Å². The number of carbonyl (C=O) groups is 4. The molecule has 4 rings (SSSR count). The van der Waals surface area contributed by atoms with Crippen molar-refractivity contribution >= 4 is 23.5 Å². The van der Waals surface area contributed by atoms with Gasteiger partial charge in [-0.3, -0.25) is 14.4 Å². The summed E-state index contributed by atoms with van der Waals surface area (Å²) >= 11 is 0. The number of aliphatic hydroxyl groups is 4. The number of hydrogen-bond acceptors (Lipinski definition) is 12. The van der Waals surface area contributed by atoms with Gasteiger partial charge in [0.05, 0.1) is 43.0 Å². The zero-order valence-corrected chi connectivity index (χ0v) is 26.4. The van der Waals surface area contributed by atoms with Gasteiger partial charge < -0.3 is 44.5 Å². The van der Waals surface area contributed by atoms with Crippen molar-refractivity contribution in [2.75, 3.05) is 0 Å². The van der Waals surface area contributed by atoms with Crippen molar-refractivity contribution in [3.05, 3.63) is 60.8 Å². The molecular weight excluding hydrogens is 616 g/mol. The summed E-state index contributed by atoms with van der Waals surface area (Å²) in [4.78, 5) is 50.3. The van der Waals surface area contributed by atoms with Gasteiger partial charge in [-0.05, 0) is 13.0 Å². The van der Waals surface area contributed by atoms with Gasteiger partial charge in [0, 0.05) is 44.1 Å². The molecule has 3 aliphatic heterocycles. The van der Waals surface area contributed by atoms with Crippen LogP contribution >= 0.6 is 0 Å². The summed E-state index contributed by atoms with van der Waals surface area (Å²) in [5, 5.41) is 52.6. The van der Waals surface area contributed by atoms with Crippen LogP contribution in [0.3, 0.4) is 0 Å². The van der Waals surface area contributed by atoms with Crippen LogP contribution < -0.4 is 0 Å². The van der Waals surface area contributed by atoms with E-state index in [0.717, 1.165) is 0 Å². The average molecular weight is 661 g/mol. The van der Waals surface area contributed by atoms with Crippen molar-refractivity contribution in [1.29, 1.82) is 0 Å². The van der Waals surface area contributed by atoms with Crippen molar-refractivity contribution < 1.29 is 63.7 Å². The molecule has 5 N–H and O–H groups in total. The summed E-state index contributed by atoms with van der Waals surface area (Å²) in [6, 6.07) is 0. The molecule has 0 radical (unpaired) electrons. The SMILES string of the molecule is CC1C/C=C/C=C/C=C/C=C/[C@H](O[C@@H]2CC(O)[C@H](O)[C@H](C)C2=O)CC2OC(O)(CC(=O)CC3OC3/C=C/C(=O)O1)C[C@H](O)C2C(=O)O. The highest BCUT2D eigenvalue weighted by Gasteiger charge is 2.51. The Balaban J connectivity index is 1.59. The maximum Gasteiger partial charge on any atom is 0.330 e. The quantitative estimate of drug-likeness (QED) is 0.213. The van der Waals surface area contributed by atoms with Gasteiger partial charge in [-0.2, -0.15) is 0 Å². The first-order valence-electron chi connectivity index (χ1n) is 15.9. The molecule has 2 bridgehead atoms. The molecule has 3 heterocycles. The van der Waals surface area contributed by atoms with E-state index in [1.165, 1.54) is 19.1 Å². The zero-order chi connectivity index (χ0) is 34.3. The predicted octanol–water partition coefficient (Wildman–Crippen LogP) is 1.23. The van der Waals surface area contributed by atoms with Gasteiger partial charge in [0.15, 0.2) is 11.6 Å². The molecule has 13 heteroatoms. The third-order valence-corrected chi connectivity index (χ3v) is 8.68. The summed E-state index contributed by atoms with van der Waals surface area (Å²) in [7, 11) is 0. The molecule has 7 unspecified atom stereocenters. The van der Waals surface area contributed by atoms with Crippen LogP contribution in [0.2, 0.25) is 0 Å². The molecule has 13 nitrogen and oxygen atoms in total. The number of aliphatic hydroxyl groups excluding tert-OH is 3. The van der Waals surface area contributed by atoms with Crippen LogP contribution in [0.15, 0.2) is 60.8 Å². The number of aliphatic carboxylic acids is 1. The van der Waals surface area contributed by atoms with Gasteiger partial charge in [-0.25, -0.2) is 4.79 Å². The molecule has 1 aliphatic carbocycles. The van der Waals surface area contributed by atoms with E-state index in [1.54, 1.807) is 49.5 Å². The predicted molar refractivity (Wildman–Crippen MR) is 164 cm³/mol. The number of carboxylic acids is 1. The monoisotopic (exact) mass is 660 g/mol. The van der Waals surface area contributed by atoms with E-state index >= 15 is 0 Å². The lowest BCUT2D eigenvalue weighted by atomic mass is 9.82. The number of carboxylic acid groups (broad SMARTS) is 1. The van der Waals surface area contributed by atoms with E-state index in [1.807, 2.05) is 6.08 Å². The highest BCUT2D eigenvalue weighted by molar-refractivity contribution is 5.86. The number of cyclic esters (lactones) is 1. The number of epoxide rings is 1. The number of Topliss-reactive ketones (excluding diaryl/α,β-unsaturated/α-hetero) is 2. The van der Waals surface area contributed by atoms with Crippen LogP contribution in [0.25, 0.3) is 0 Å². The first kappa shape index (κ1) is 36.5. The summed E-state index contributed by atoms with van der Waals surface area (Å²) in [6.45, 7) is 3.23. The van der Waals surface area contributed by atoms with Crippen molar-refractivity contribution in [1.82, 2.24) is 0 Å². The fourth-order valence-corrected chi connectivity index (χ4v) is 6.10. The van der Waals surface area contributed by atoms with E-state index in [9.17, 15) is 44.7 Å². The fourth-order valence-electron chi connectivity index (χ4n) is 6.10. The third-order valence-electron chi connectivity index (χ3n) is 8.68. The third kappa shape index (κ3) is 10.3. The zero-order valence-electron chi connectivity index (χ0n) is 26.4. The van der Waals surface area contributed by atoms with Crippen molar-refractivity contribution in [3.63, 3.8) is 0 Å². The van der Waals surface area contributed by atoms with Crippen LogP contribution in [0.1, 0.15) is 52.4 Å². The van der Waals surface area contributed by atoms with E-state index in [0.29, 0.717) is 6.42 Å². The number of hydrogen-bond donors (Lipinski definition) is 5. The van der Waals surface area contributed by atoms with Crippen LogP contribution in [-0.4, -0.2) is 110 Å². The molecule has 47 heavy (non-hydrogen) atoms. The summed E-state index contributed by atoms with van der Waals surface area (Å²) in [5.41, 5.74) is 0. The smallest absolute Gasteiger partial charge is 0.330 e. The minimum Gasteiger partial charge on any atom is -0.481 e. The molecule has 0 aromatic heterocycles. The number of rotatable bonds is 3. The minimum absolute atomic E-state index is 0.121. The molecule has 0 aromatic carbocycles. The Labute approximate surface area is 272 Å². The molecule has 12 atom stereocenters. The van der Waals surface area contributed by atoms with Crippen LogP contribution in [0.4, 0.5) is 0 Å². The molecule has 1 saturated carbocycles. The second-order valence-electron chi connectivity index (χ2n) is 12.6. The van der Waals surface area contributed by atoms with E-state index in [4.69, 9.17) is 18.9 Å². The number of ether oxygens (including phenoxy) is 4. The van der Waals surface area contributed by atoms with Crippen molar-refractivity contribution in [3.8, 4) is 0 Å². The van der Waals surface area contributed by atoms with Gasteiger partial charge in [0.1, 0.15) is 30.0 Å². The molecule has 2 saturated heterocycles. The summed E-state index contributed by atoms with van der Waals surface area (Å²) < 4.78 is 22.7. The Hall–Kier alpha value is -3.30. The lowest BCUT2D eigenvalue weighted by Gasteiger charge is -2.44. The number of fused-ring (bicyclic) bond motifs is 3. The number of ketones is 2. The second-order valence-corrected chi connectivity index (χ2v) is 12.6. The molecule has 3 fully saturated rings. The number of carbonyl (C=O) groups excluding carboxylic acids is 3. The normalized spacial score (nSPS) is 44.1. The Bertz CT molecular complexity index is 1300. The standard InChI is InChI=1S/C34H44O13/c1-19-10-8-6-4-3-5-7-9-11-22(45-28-16-23(36)31(39)20(2)32(28)40)15-27-30(33(41)42)24(37)18-34(43,47-27)17-21(35)14-26-25(46-26)12-13-29(38)44-19/h3-9,11-13,19-20,22-28,30-31,36-37,39,43H,10,14-18H2,1-2H3,(H,41,42)/b4-3+,7-5+,8-6+,11-9+,13-12+/t19?,20-,22-,23?,24-,25?,26?,27?,28+,30?,31+,34?/m0/s1. The van der Waals surface area contributed by atoms with Crippen molar-refractivity contribution in [2.45, 2.75) is 113 Å². The summed E-state index contributed by atoms with van der Waals surface area (Å²) in [5.74, 6) is -7.45. The van der Waals surface area contributed by atoms with Crippen LogP contribution in [0, 0.1) is 11.8 Å². The maximum atomic E-state index is 12.9. The maximum absolute atomic E-state index is 12.9. The number of allylic oxidation sites excluding steroid dienone is 6. The second kappa shape index (κ2) is 16.2. The summed E-state index contributed by atoms with van der Waals surface area (Å²) in [6.07, 6.45) is 6.24. The molecule has 0 aromatic rings. The highest BCUT2D eigenvalue weighted by Crippen LogP contribution is 2.38. The first-order chi connectivity index (χ1) is 22.3. The van der Waals surface area contributed by atoms with Crippen LogP contribution in [0.5, 0.6) is 0 Å². The largest absolute Gasteiger partial charge is 0.481 e. The van der Waals surface area contributed by atoms with Gasteiger partial charge >= 0.3 is 11.9 Å². The van der Waals surface area contributed by atoms with E-state index in [-0.39, 0.29) is 25.4 Å². The van der Waals surface area contributed by atoms with Crippen molar-refractivity contribution in [2.24, 2.45) is 11.8 Å². The topological polar surface area (TPSA) is 210 Å². The average Bonchev–Trinajstić information content (AvgIpc) is 3.72. The lowest BCUT2D eigenvalue weighted by Crippen LogP contribution is -2.56. The Morgan fingerprint density at radius 1 is 0.936 bits per heavy atom. The molecule has 4 aliphatic rings. The Morgan fingerprint density at radius 2 is 1.64 bits per heavy atom. The van der Waals surface area contributed by atoms with Gasteiger partial charge in [-0.1, -0.05) is 55.5 Å². The Morgan fingerprint density at radius 3 is 2.36 bits per heavy atom. The fraction of sp³-hybridized carbons (Fsp3) is 0.588. The van der Waals surface area contributed by atoms with Gasteiger partial charge in [0.2, 0.25) is 0 Å².